The van der Waals surface area contributed by atoms with E-state index in [9.17, 15) is 0 Å². The van der Waals surface area contributed by atoms with Gasteiger partial charge in [0.25, 0.3) is 0 Å². The van der Waals surface area contributed by atoms with E-state index in [1.54, 1.807) is 0 Å². The molecule has 0 fully saturated rings. The number of benzene rings is 2. The average molecular weight is 578 g/mol. The topological polar surface area (TPSA) is 13.0 Å². The second-order valence-electron chi connectivity index (χ2n) is 8.66. The van der Waals surface area contributed by atoms with Crippen LogP contribution in [0.1, 0.15) is 27.7 Å². The Morgan fingerprint density at radius 3 is 1.41 bits per heavy atom. The zero-order valence-electron chi connectivity index (χ0n) is 21.6. The van der Waals surface area contributed by atoms with Crippen molar-refractivity contribution in [2.45, 2.75) is 33.9 Å². The smallest absolute Gasteiger partial charge is 0.121 e. The minimum absolute atomic E-state index is 0.113. The van der Waals surface area contributed by atoms with Crippen molar-refractivity contribution < 1.29 is 0 Å². The number of halogens is 4. The molecule has 37 heavy (non-hydrogen) atoms. The highest BCUT2D eigenvalue weighted by Gasteiger charge is 2.33. The standard InChI is InChI=1S/C29H32Cl4N4/c1-5-34-24-16-20(30)21(31)17-25(24)35(6-2)28(34)14-12-10-9-11-13-15-29-36(7-3)26-18-22(32)23(33)19-27(26)37(29)8-4/h9-19,28H,5-8H2,1-4H3/b10-9+,13-11+,14-12+. The third kappa shape index (κ3) is 5.35. The molecule has 2 aromatic rings. The SMILES string of the molecule is CCN1C(=C/C=C/C=C/C=C/C2N(CC)c3cc(Cl)c(Cl)cc3N2CC)N(CC)c2cc(Cl)c(Cl)cc21. The molecule has 8 heteroatoms. The molecule has 0 bridgehead atoms. The second kappa shape index (κ2) is 12.1. The van der Waals surface area contributed by atoms with Crippen molar-refractivity contribution >= 4 is 69.2 Å². The van der Waals surface area contributed by atoms with E-state index in [0.29, 0.717) is 20.1 Å². The number of nitrogens with zero attached hydrogens (tertiary/aromatic N) is 4. The fourth-order valence-electron chi connectivity index (χ4n) is 5.05. The van der Waals surface area contributed by atoms with Crippen molar-refractivity contribution in [1.29, 1.82) is 0 Å². The third-order valence-corrected chi connectivity index (χ3v) is 8.16. The van der Waals surface area contributed by atoms with Crippen LogP contribution in [-0.2, 0) is 0 Å². The molecule has 0 aliphatic carbocycles. The van der Waals surface area contributed by atoms with Gasteiger partial charge in [-0.05, 0) is 64.1 Å². The van der Waals surface area contributed by atoms with Crippen LogP contribution in [0, 0.1) is 0 Å². The van der Waals surface area contributed by atoms with E-state index in [4.69, 9.17) is 46.4 Å². The molecular weight excluding hydrogens is 546 g/mol. The number of likely N-dealkylation sites (N-methyl/N-ethyl adjacent to an activating group) is 2. The molecule has 0 atom stereocenters. The van der Waals surface area contributed by atoms with Crippen LogP contribution in [-0.4, -0.2) is 32.3 Å². The van der Waals surface area contributed by atoms with Gasteiger partial charge in [0.15, 0.2) is 0 Å². The van der Waals surface area contributed by atoms with Gasteiger partial charge in [-0.3, -0.25) is 0 Å². The van der Waals surface area contributed by atoms with Gasteiger partial charge in [0.1, 0.15) is 12.0 Å². The van der Waals surface area contributed by atoms with E-state index in [2.05, 4.69) is 77.7 Å². The lowest BCUT2D eigenvalue weighted by molar-refractivity contribution is 0.694. The normalized spacial score (nSPS) is 15.8. The summed E-state index contributed by atoms with van der Waals surface area (Å²) in [5.74, 6) is 1.11. The Hall–Kier alpha value is -2.24. The number of anilines is 4. The van der Waals surface area contributed by atoms with Crippen molar-refractivity contribution in [3.8, 4) is 0 Å². The molecule has 0 aromatic heterocycles. The fraction of sp³-hybridized carbons (Fsp3) is 0.310. The molecule has 4 nitrogen and oxygen atoms in total. The first-order chi connectivity index (χ1) is 17.9. The molecule has 4 rings (SSSR count). The molecule has 0 saturated carbocycles. The number of hydrogen-bond acceptors (Lipinski definition) is 4. The number of hydrogen-bond donors (Lipinski definition) is 0. The molecule has 2 heterocycles. The third-order valence-electron chi connectivity index (χ3n) is 6.71. The lowest BCUT2D eigenvalue weighted by atomic mass is 10.2. The van der Waals surface area contributed by atoms with Gasteiger partial charge in [0, 0.05) is 26.2 Å². The summed E-state index contributed by atoms with van der Waals surface area (Å²) in [4.78, 5) is 9.18. The van der Waals surface area contributed by atoms with E-state index < -0.39 is 0 Å². The molecule has 0 amide bonds. The molecule has 2 aliphatic heterocycles. The van der Waals surface area contributed by atoms with Crippen molar-refractivity contribution in [3.63, 3.8) is 0 Å². The highest BCUT2D eigenvalue weighted by atomic mass is 35.5. The lowest BCUT2D eigenvalue weighted by Gasteiger charge is -2.29. The van der Waals surface area contributed by atoms with E-state index in [1.165, 1.54) is 0 Å². The first kappa shape index (κ1) is 27.8. The van der Waals surface area contributed by atoms with E-state index in [1.807, 2.05) is 36.4 Å². The van der Waals surface area contributed by atoms with Crippen molar-refractivity contribution in [3.05, 3.63) is 92.7 Å². The predicted molar refractivity (Wildman–Crippen MR) is 164 cm³/mol. The Labute approximate surface area is 240 Å². The summed E-state index contributed by atoms with van der Waals surface area (Å²) in [7, 11) is 0. The maximum Gasteiger partial charge on any atom is 0.121 e. The summed E-state index contributed by atoms with van der Waals surface area (Å²) in [6.07, 6.45) is 14.7. The first-order valence-electron chi connectivity index (χ1n) is 12.6. The quantitative estimate of drug-likeness (QED) is 0.290. The number of allylic oxidation sites excluding steroid dienone is 6. The minimum Gasteiger partial charge on any atom is -0.346 e. The zero-order valence-corrected chi connectivity index (χ0v) is 24.6. The summed E-state index contributed by atoms with van der Waals surface area (Å²) in [6.45, 7) is 12.0. The Balaban J connectivity index is 1.48. The molecule has 2 aliphatic rings. The van der Waals surface area contributed by atoms with Crippen LogP contribution in [0.2, 0.25) is 20.1 Å². The molecule has 196 valence electrons. The van der Waals surface area contributed by atoms with Gasteiger partial charge in [-0.2, -0.15) is 0 Å². The first-order valence-corrected chi connectivity index (χ1v) is 14.2. The molecule has 2 aromatic carbocycles. The number of rotatable bonds is 8. The summed E-state index contributed by atoms with van der Waals surface area (Å²) in [5.41, 5.74) is 4.39. The minimum atomic E-state index is 0.113. The number of fused-ring (bicyclic) bond motifs is 2. The van der Waals surface area contributed by atoms with Gasteiger partial charge in [0.05, 0.1) is 42.8 Å². The second-order valence-corrected chi connectivity index (χ2v) is 10.3. The largest absolute Gasteiger partial charge is 0.346 e. The molecule has 0 radical (unpaired) electrons. The Bertz CT molecular complexity index is 1190. The van der Waals surface area contributed by atoms with Crippen LogP contribution >= 0.6 is 46.4 Å². The molecule has 0 N–H and O–H groups in total. The highest BCUT2D eigenvalue weighted by molar-refractivity contribution is 6.43. The summed E-state index contributed by atoms with van der Waals surface area (Å²) >= 11 is 25.2. The van der Waals surface area contributed by atoms with Gasteiger partial charge < -0.3 is 19.6 Å². The van der Waals surface area contributed by atoms with Crippen LogP contribution in [0.25, 0.3) is 0 Å². The van der Waals surface area contributed by atoms with Gasteiger partial charge in [0.2, 0.25) is 0 Å². The van der Waals surface area contributed by atoms with Crippen LogP contribution in [0.5, 0.6) is 0 Å². The molecular formula is C29H32Cl4N4. The summed E-state index contributed by atoms with van der Waals surface area (Å²) in [6, 6.07) is 7.83. The fourth-order valence-corrected chi connectivity index (χ4v) is 5.69. The van der Waals surface area contributed by atoms with Gasteiger partial charge >= 0.3 is 0 Å². The maximum atomic E-state index is 6.32. The predicted octanol–water partition coefficient (Wildman–Crippen LogP) is 9.17. The molecule has 0 spiro atoms. The van der Waals surface area contributed by atoms with Crippen LogP contribution in [0.3, 0.4) is 0 Å². The molecule has 0 unspecified atom stereocenters. The average Bonchev–Trinajstić information content (AvgIpc) is 3.33. The van der Waals surface area contributed by atoms with Gasteiger partial charge in [-0.15, -0.1) is 0 Å². The Morgan fingerprint density at radius 2 is 0.973 bits per heavy atom. The molecule has 0 saturated heterocycles. The monoisotopic (exact) mass is 576 g/mol. The van der Waals surface area contributed by atoms with Crippen molar-refractivity contribution in [2.75, 3.05) is 45.8 Å². The maximum absolute atomic E-state index is 6.32. The zero-order chi connectivity index (χ0) is 26.7. The van der Waals surface area contributed by atoms with Crippen LogP contribution in [0.4, 0.5) is 22.7 Å². The lowest BCUT2D eigenvalue weighted by Crippen LogP contribution is -2.41. The van der Waals surface area contributed by atoms with Gasteiger partial charge in [-0.1, -0.05) is 76.8 Å². The Morgan fingerprint density at radius 1 is 0.568 bits per heavy atom. The Kier molecular flexibility index (Phi) is 9.07. The summed E-state index contributed by atoms with van der Waals surface area (Å²) < 4.78 is 0. The summed E-state index contributed by atoms with van der Waals surface area (Å²) in [5, 5.41) is 2.31. The van der Waals surface area contributed by atoms with Crippen molar-refractivity contribution in [2.24, 2.45) is 0 Å². The van der Waals surface area contributed by atoms with Crippen LogP contribution < -0.4 is 19.6 Å². The van der Waals surface area contributed by atoms with E-state index in [-0.39, 0.29) is 6.17 Å². The van der Waals surface area contributed by atoms with Crippen LogP contribution in [0.15, 0.2) is 72.6 Å². The highest BCUT2D eigenvalue weighted by Crippen LogP contribution is 2.46. The van der Waals surface area contributed by atoms with E-state index in [0.717, 1.165) is 54.7 Å². The van der Waals surface area contributed by atoms with E-state index >= 15 is 0 Å². The van der Waals surface area contributed by atoms with Crippen molar-refractivity contribution in [1.82, 2.24) is 0 Å². The van der Waals surface area contributed by atoms with Gasteiger partial charge in [-0.25, -0.2) is 0 Å².